The molecule has 7 nitrogen and oxygen atoms in total. The molecule has 0 spiro atoms. The lowest BCUT2D eigenvalue weighted by atomic mass is 9.92. The maximum atomic E-state index is 12.8. The molecule has 7 heteroatoms. The van der Waals surface area contributed by atoms with E-state index in [-0.39, 0.29) is 18.4 Å². The van der Waals surface area contributed by atoms with E-state index in [9.17, 15) is 14.7 Å². The molecule has 0 aromatic carbocycles. The van der Waals surface area contributed by atoms with Gasteiger partial charge in [-0.15, -0.1) is 0 Å². The molecule has 2 aliphatic rings. The largest absolute Gasteiger partial charge is 0.477 e. The lowest BCUT2D eigenvalue weighted by Crippen LogP contribution is -2.58. The maximum absolute atomic E-state index is 12.8. The summed E-state index contributed by atoms with van der Waals surface area (Å²) in [5, 5.41) is 9.25. The molecule has 0 unspecified atom stereocenters. The molecule has 3 N–H and O–H groups in total. The Hall–Kier alpha value is -1.18. The van der Waals surface area contributed by atoms with E-state index in [0.717, 1.165) is 65.1 Å². The summed E-state index contributed by atoms with van der Waals surface area (Å²) in [4.78, 5) is 28.5. The van der Waals surface area contributed by atoms with Crippen molar-refractivity contribution < 1.29 is 19.2 Å². The number of rotatable bonds is 7. The number of carbonyl (C=O) groups excluding carboxylic acids is 1. The number of hydrogen-bond donors (Lipinski definition) is 2. The molecule has 0 bridgehead atoms. The van der Waals surface area contributed by atoms with Gasteiger partial charge in [0.25, 0.3) is 0 Å². The fourth-order valence-electron chi connectivity index (χ4n) is 4.25. The van der Waals surface area contributed by atoms with Crippen LogP contribution in [0.3, 0.4) is 0 Å². The van der Waals surface area contributed by atoms with Crippen molar-refractivity contribution in [3.8, 4) is 0 Å². The second-order valence-corrected chi connectivity index (χ2v) is 7.94. The van der Waals surface area contributed by atoms with Crippen molar-refractivity contribution in [3.05, 3.63) is 0 Å². The first-order chi connectivity index (χ1) is 11.9. The van der Waals surface area contributed by atoms with Gasteiger partial charge in [0.1, 0.15) is 0 Å². The van der Waals surface area contributed by atoms with E-state index < -0.39 is 5.97 Å². The Kier molecular flexibility index (Phi) is 7.22. The highest BCUT2D eigenvalue weighted by Crippen LogP contribution is 2.26. The number of amides is 1. The molecule has 1 amide bonds. The number of carbonyl (C=O) groups is 2. The molecule has 2 rings (SSSR count). The molecular formula is C18H35N4O3+. The van der Waals surface area contributed by atoms with Crippen LogP contribution in [0.4, 0.5) is 0 Å². The van der Waals surface area contributed by atoms with Crippen molar-refractivity contribution in [1.29, 1.82) is 0 Å². The molecular weight excluding hydrogens is 320 g/mol. The van der Waals surface area contributed by atoms with Crippen LogP contribution >= 0.6 is 0 Å². The van der Waals surface area contributed by atoms with Gasteiger partial charge in [-0.2, -0.15) is 0 Å². The third-order valence-electron chi connectivity index (χ3n) is 5.92. The summed E-state index contributed by atoms with van der Waals surface area (Å²) in [6, 6.07) is 0.531. The molecule has 0 saturated carbocycles. The summed E-state index contributed by atoms with van der Waals surface area (Å²) >= 11 is 0. The van der Waals surface area contributed by atoms with E-state index in [1.807, 2.05) is 4.90 Å². The molecule has 0 aliphatic carbocycles. The summed E-state index contributed by atoms with van der Waals surface area (Å²) in [7, 11) is 0. The van der Waals surface area contributed by atoms with Crippen molar-refractivity contribution in [2.75, 3.05) is 58.9 Å². The number of carboxylic acids is 1. The number of carboxylic acid groups (broad SMARTS) is 1. The summed E-state index contributed by atoms with van der Waals surface area (Å²) in [6.45, 7) is 11.0. The average molecular weight is 356 g/mol. The molecule has 0 radical (unpaired) electrons. The third kappa shape index (κ3) is 5.39. The van der Waals surface area contributed by atoms with Crippen LogP contribution in [-0.4, -0.2) is 96.2 Å². The van der Waals surface area contributed by atoms with Gasteiger partial charge in [-0.25, -0.2) is 4.79 Å². The fraction of sp³-hybridized carbons (Fsp3) is 0.889. The van der Waals surface area contributed by atoms with Crippen LogP contribution in [0, 0.1) is 5.92 Å². The maximum Gasteiger partial charge on any atom is 0.359 e. The first kappa shape index (κ1) is 20.1. The van der Waals surface area contributed by atoms with Gasteiger partial charge < -0.3 is 20.2 Å². The van der Waals surface area contributed by atoms with Crippen molar-refractivity contribution in [2.45, 2.75) is 39.2 Å². The van der Waals surface area contributed by atoms with Gasteiger partial charge in [0.05, 0.1) is 19.6 Å². The van der Waals surface area contributed by atoms with E-state index in [4.69, 9.17) is 5.73 Å². The Morgan fingerprint density at radius 2 is 1.76 bits per heavy atom. The summed E-state index contributed by atoms with van der Waals surface area (Å²) < 4.78 is 0.581. The number of piperidine rings is 1. The molecule has 0 aromatic rings. The normalized spacial score (nSPS) is 28.3. The SMILES string of the molecule is CC(C)N1CCN(C(=O)C2CC[N+](CCCN)(CC(=O)O)CC2)CC1. The van der Waals surface area contributed by atoms with Crippen LogP contribution in [0.2, 0.25) is 0 Å². The molecule has 2 fully saturated rings. The van der Waals surface area contributed by atoms with Crippen LogP contribution in [0.15, 0.2) is 0 Å². The van der Waals surface area contributed by atoms with Crippen LogP contribution in [-0.2, 0) is 9.59 Å². The number of aliphatic carboxylic acids is 1. The highest BCUT2D eigenvalue weighted by atomic mass is 16.4. The summed E-state index contributed by atoms with van der Waals surface area (Å²) in [5.74, 6) is -0.425. The molecule has 25 heavy (non-hydrogen) atoms. The third-order valence-corrected chi connectivity index (χ3v) is 5.92. The summed E-state index contributed by atoms with van der Waals surface area (Å²) in [6.07, 6.45) is 2.42. The zero-order chi connectivity index (χ0) is 18.4. The topological polar surface area (TPSA) is 86.9 Å². The van der Waals surface area contributed by atoms with Crippen LogP contribution < -0.4 is 5.73 Å². The molecule has 0 atom stereocenters. The van der Waals surface area contributed by atoms with E-state index in [2.05, 4.69) is 18.7 Å². The summed E-state index contributed by atoms with van der Waals surface area (Å²) in [5.41, 5.74) is 5.62. The van der Waals surface area contributed by atoms with Gasteiger partial charge in [-0.05, 0) is 20.4 Å². The minimum absolute atomic E-state index is 0.0588. The number of piperazine rings is 1. The number of nitrogens with two attached hydrogens (primary N) is 1. The van der Waals surface area contributed by atoms with Gasteiger partial charge in [-0.3, -0.25) is 9.69 Å². The zero-order valence-electron chi connectivity index (χ0n) is 15.8. The van der Waals surface area contributed by atoms with Crippen LogP contribution in [0.1, 0.15) is 33.1 Å². The van der Waals surface area contributed by atoms with Crippen LogP contribution in [0.5, 0.6) is 0 Å². The lowest BCUT2D eigenvalue weighted by molar-refractivity contribution is -0.926. The molecule has 0 aromatic heterocycles. The standard InChI is InChI=1S/C18H34N4O3/c1-15(2)20-7-9-21(10-8-20)18(25)16-4-12-22(13-5-16,11-3-6-19)14-17(23)24/h15-16H,3-14,19H2,1-2H3/p+1. The number of likely N-dealkylation sites (tertiary alicyclic amines) is 1. The van der Waals surface area contributed by atoms with Crippen molar-refractivity contribution in [1.82, 2.24) is 9.80 Å². The van der Waals surface area contributed by atoms with E-state index in [1.54, 1.807) is 0 Å². The molecule has 2 aliphatic heterocycles. The molecule has 2 saturated heterocycles. The Labute approximate surface area is 151 Å². The van der Waals surface area contributed by atoms with E-state index in [0.29, 0.717) is 17.1 Å². The quantitative estimate of drug-likeness (QED) is 0.637. The fourth-order valence-corrected chi connectivity index (χ4v) is 4.25. The van der Waals surface area contributed by atoms with Crippen molar-refractivity contribution >= 4 is 11.9 Å². The number of nitrogens with zero attached hydrogens (tertiary/aromatic N) is 3. The van der Waals surface area contributed by atoms with E-state index in [1.165, 1.54) is 0 Å². The van der Waals surface area contributed by atoms with Crippen LogP contribution in [0.25, 0.3) is 0 Å². The second kappa shape index (κ2) is 8.96. The Balaban J connectivity index is 1.87. The second-order valence-electron chi connectivity index (χ2n) is 7.94. The Bertz CT molecular complexity index is 453. The highest BCUT2D eigenvalue weighted by molar-refractivity contribution is 5.79. The van der Waals surface area contributed by atoms with Gasteiger partial charge in [-0.1, -0.05) is 0 Å². The lowest BCUT2D eigenvalue weighted by Gasteiger charge is -2.44. The monoisotopic (exact) mass is 355 g/mol. The Morgan fingerprint density at radius 3 is 2.24 bits per heavy atom. The van der Waals surface area contributed by atoms with Gasteiger partial charge in [0.15, 0.2) is 6.54 Å². The average Bonchev–Trinajstić information content (AvgIpc) is 2.59. The van der Waals surface area contributed by atoms with Gasteiger partial charge >= 0.3 is 5.97 Å². The molecule has 2 heterocycles. The zero-order valence-corrected chi connectivity index (χ0v) is 15.8. The minimum atomic E-state index is -0.758. The smallest absolute Gasteiger partial charge is 0.359 e. The Morgan fingerprint density at radius 1 is 1.16 bits per heavy atom. The minimum Gasteiger partial charge on any atom is -0.477 e. The first-order valence-electron chi connectivity index (χ1n) is 9.67. The predicted molar refractivity (Wildman–Crippen MR) is 97.0 cm³/mol. The van der Waals surface area contributed by atoms with E-state index >= 15 is 0 Å². The number of quaternary nitrogens is 1. The van der Waals surface area contributed by atoms with Crippen molar-refractivity contribution in [2.24, 2.45) is 11.7 Å². The van der Waals surface area contributed by atoms with Gasteiger partial charge in [0.2, 0.25) is 5.91 Å². The first-order valence-corrected chi connectivity index (χ1v) is 9.67. The molecule has 144 valence electrons. The van der Waals surface area contributed by atoms with Gasteiger partial charge in [0, 0.05) is 57.4 Å². The highest BCUT2D eigenvalue weighted by Gasteiger charge is 2.39. The van der Waals surface area contributed by atoms with Crippen molar-refractivity contribution in [3.63, 3.8) is 0 Å². The number of hydrogen-bond acceptors (Lipinski definition) is 4. The predicted octanol–water partition coefficient (Wildman–Crippen LogP) is 0.199.